The van der Waals surface area contributed by atoms with Crippen LogP contribution in [-0.4, -0.2) is 17.7 Å². The van der Waals surface area contributed by atoms with Gasteiger partial charge in [-0.05, 0) is 43.0 Å². The SMILES string of the molecule is CC(NC(=O)NCC(C)(O)c1cccs1)c1cccc(Cl)c1. The summed E-state index contributed by atoms with van der Waals surface area (Å²) in [5.74, 6) is 0. The average molecular weight is 339 g/mol. The van der Waals surface area contributed by atoms with Gasteiger partial charge in [0.2, 0.25) is 0 Å². The highest BCUT2D eigenvalue weighted by Crippen LogP contribution is 2.24. The van der Waals surface area contributed by atoms with Crippen molar-refractivity contribution in [3.63, 3.8) is 0 Å². The number of carbonyl (C=O) groups excluding carboxylic acids is 1. The number of nitrogens with one attached hydrogen (secondary N) is 2. The average Bonchev–Trinajstić information content (AvgIpc) is 3.00. The molecule has 4 nitrogen and oxygen atoms in total. The van der Waals surface area contributed by atoms with E-state index in [1.165, 1.54) is 11.3 Å². The quantitative estimate of drug-likeness (QED) is 0.779. The van der Waals surface area contributed by atoms with E-state index in [9.17, 15) is 9.90 Å². The molecule has 22 heavy (non-hydrogen) atoms. The Bertz CT molecular complexity index is 629. The largest absolute Gasteiger partial charge is 0.383 e. The first-order valence-electron chi connectivity index (χ1n) is 6.95. The number of carbonyl (C=O) groups is 1. The summed E-state index contributed by atoms with van der Waals surface area (Å²) in [4.78, 5) is 12.8. The molecule has 0 aliphatic heterocycles. The van der Waals surface area contributed by atoms with E-state index in [0.29, 0.717) is 5.02 Å². The van der Waals surface area contributed by atoms with Crippen molar-refractivity contribution in [2.75, 3.05) is 6.54 Å². The van der Waals surface area contributed by atoms with Crippen LogP contribution in [0.4, 0.5) is 4.79 Å². The maximum Gasteiger partial charge on any atom is 0.315 e. The molecule has 2 atom stereocenters. The van der Waals surface area contributed by atoms with Crippen LogP contribution in [-0.2, 0) is 5.60 Å². The fourth-order valence-electron chi connectivity index (χ4n) is 2.03. The van der Waals surface area contributed by atoms with Gasteiger partial charge in [-0.2, -0.15) is 0 Å². The maximum atomic E-state index is 12.0. The fraction of sp³-hybridized carbons (Fsp3) is 0.312. The normalized spacial score (nSPS) is 14.9. The lowest BCUT2D eigenvalue weighted by molar-refractivity contribution is 0.0630. The number of hydrogen-bond donors (Lipinski definition) is 3. The fourth-order valence-corrected chi connectivity index (χ4v) is 3.02. The van der Waals surface area contributed by atoms with Crippen LogP contribution in [0.2, 0.25) is 5.02 Å². The number of rotatable bonds is 5. The summed E-state index contributed by atoms with van der Waals surface area (Å²) < 4.78 is 0. The smallest absolute Gasteiger partial charge is 0.315 e. The highest BCUT2D eigenvalue weighted by Gasteiger charge is 2.25. The van der Waals surface area contributed by atoms with Crippen molar-refractivity contribution in [2.24, 2.45) is 0 Å². The molecule has 3 N–H and O–H groups in total. The van der Waals surface area contributed by atoms with Crippen molar-refractivity contribution in [3.8, 4) is 0 Å². The Hall–Kier alpha value is -1.56. The van der Waals surface area contributed by atoms with Crippen LogP contribution in [0.5, 0.6) is 0 Å². The van der Waals surface area contributed by atoms with Gasteiger partial charge in [0.1, 0.15) is 5.60 Å². The molecule has 0 saturated carbocycles. The maximum absolute atomic E-state index is 12.0. The van der Waals surface area contributed by atoms with Crippen molar-refractivity contribution in [3.05, 3.63) is 57.2 Å². The second-order valence-corrected chi connectivity index (χ2v) is 6.74. The molecule has 0 spiro atoms. The minimum absolute atomic E-state index is 0.140. The van der Waals surface area contributed by atoms with Gasteiger partial charge in [0.25, 0.3) is 0 Å². The van der Waals surface area contributed by atoms with Crippen molar-refractivity contribution < 1.29 is 9.90 Å². The van der Waals surface area contributed by atoms with Crippen LogP contribution in [0.25, 0.3) is 0 Å². The predicted octanol–water partition coefficient (Wildman–Crippen LogP) is 3.67. The summed E-state index contributed by atoms with van der Waals surface area (Å²) >= 11 is 7.40. The molecule has 2 rings (SSSR count). The number of halogens is 1. The first-order chi connectivity index (χ1) is 10.4. The van der Waals surface area contributed by atoms with Crippen LogP contribution >= 0.6 is 22.9 Å². The summed E-state index contributed by atoms with van der Waals surface area (Å²) in [6.45, 7) is 3.70. The summed E-state index contributed by atoms with van der Waals surface area (Å²) in [6.07, 6.45) is 0. The Kier molecular flexibility index (Phi) is 5.45. The van der Waals surface area contributed by atoms with Crippen LogP contribution in [0, 0.1) is 0 Å². The van der Waals surface area contributed by atoms with E-state index < -0.39 is 5.60 Å². The monoisotopic (exact) mass is 338 g/mol. The van der Waals surface area contributed by atoms with E-state index >= 15 is 0 Å². The van der Waals surface area contributed by atoms with Gasteiger partial charge in [-0.3, -0.25) is 0 Å². The predicted molar refractivity (Wildman–Crippen MR) is 90.3 cm³/mol. The van der Waals surface area contributed by atoms with E-state index in [0.717, 1.165) is 10.4 Å². The zero-order valence-corrected chi connectivity index (χ0v) is 14.0. The highest BCUT2D eigenvalue weighted by molar-refractivity contribution is 7.10. The molecule has 0 aliphatic rings. The van der Waals surface area contributed by atoms with Crippen LogP contribution in [0.15, 0.2) is 41.8 Å². The summed E-state index contributed by atoms with van der Waals surface area (Å²) in [5.41, 5.74) is -0.155. The molecule has 0 fully saturated rings. The van der Waals surface area contributed by atoms with Crippen LogP contribution in [0.3, 0.4) is 0 Å². The molecule has 0 bridgehead atoms. The lowest BCUT2D eigenvalue weighted by Gasteiger charge is -2.23. The van der Waals surface area contributed by atoms with Gasteiger partial charge < -0.3 is 15.7 Å². The third kappa shape index (κ3) is 4.47. The third-order valence-electron chi connectivity index (χ3n) is 3.34. The standard InChI is InChI=1S/C16H19ClN2O2S/c1-11(12-5-3-6-13(17)9-12)19-15(20)18-10-16(2,21)14-7-4-8-22-14/h3-9,11,21H,10H2,1-2H3,(H2,18,19,20). The molecule has 0 saturated heterocycles. The van der Waals surface area contributed by atoms with Gasteiger partial charge in [0.05, 0.1) is 12.6 Å². The van der Waals surface area contributed by atoms with Crippen molar-refractivity contribution >= 4 is 29.0 Å². The summed E-state index contributed by atoms with van der Waals surface area (Å²) in [7, 11) is 0. The number of thiophene rings is 1. The third-order valence-corrected chi connectivity index (χ3v) is 4.70. The van der Waals surface area contributed by atoms with E-state index in [2.05, 4.69) is 10.6 Å². The molecule has 6 heteroatoms. The first-order valence-corrected chi connectivity index (χ1v) is 8.20. The van der Waals surface area contributed by atoms with Gasteiger partial charge in [-0.25, -0.2) is 4.79 Å². The van der Waals surface area contributed by atoms with Gasteiger partial charge in [-0.15, -0.1) is 11.3 Å². The number of amides is 2. The molecular formula is C16H19ClN2O2S. The van der Waals surface area contributed by atoms with Gasteiger partial charge in [-0.1, -0.05) is 29.8 Å². The van der Waals surface area contributed by atoms with Crippen molar-refractivity contribution in [2.45, 2.75) is 25.5 Å². The molecule has 2 aromatic rings. The molecule has 1 heterocycles. The molecule has 0 aliphatic carbocycles. The van der Waals surface area contributed by atoms with Gasteiger partial charge in [0, 0.05) is 9.90 Å². The Labute approximate surface area is 139 Å². The molecule has 1 aromatic heterocycles. The van der Waals surface area contributed by atoms with Gasteiger partial charge >= 0.3 is 6.03 Å². The Morgan fingerprint density at radius 1 is 1.41 bits per heavy atom. The second-order valence-electron chi connectivity index (χ2n) is 5.35. The minimum Gasteiger partial charge on any atom is -0.383 e. The molecule has 1 aromatic carbocycles. The summed E-state index contributed by atoms with van der Waals surface area (Å²) in [5, 5.41) is 18.4. The Morgan fingerprint density at radius 3 is 2.82 bits per heavy atom. The highest BCUT2D eigenvalue weighted by atomic mass is 35.5. The lowest BCUT2D eigenvalue weighted by Crippen LogP contribution is -2.43. The molecule has 118 valence electrons. The Morgan fingerprint density at radius 2 is 2.18 bits per heavy atom. The molecule has 0 radical (unpaired) electrons. The number of aliphatic hydroxyl groups is 1. The zero-order chi connectivity index (χ0) is 16.2. The minimum atomic E-state index is -1.08. The van der Waals surface area contributed by atoms with Crippen molar-refractivity contribution in [1.29, 1.82) is 0 Å². The number of hydrogen-bond acceptors (Lipinski definition) is 3. The molecular weight excluding hydrogens is 320 g/mol. The van der Waals surface area contributed by atoms with E-state index in [4.69, 9.17) is 11.6 Å². The molecule has 2 unspecified atom stereocenters. The second kappa shape index (κ2) is 7.13. The number of urea groups is 1. The van der Waals surface area contributed by atoms with E-state index in [-0.39, 0.29) is 18.6 Å². The summed E-state index contributed by atoms with van der Waals surface area (Å²) in [6, 6.07) is 10.6. The van der Waals surface area contributed by atoms with E-state index in [1.807, 2.05) is 42.6 Å². The van der Waals surface area contributed by atoms with Crippen LogP contribution in [0.1, 0.15) is 30.3 Å². The Balaban J connectivity index is 1.88. The molecule has 2 amide bonds. The number of benzene rings is 1. The zero-order valence-electron chi connectivity index (χ0n) is 12.5. The van der Waals surface area contributed by atoms with E-state index in [1.54, 1.807) is 13.0 Å². The first kappa shape index (κ1) is 16.8. The topological polar surface area (TPSA) is 61.4 Å². The van der Waals surface area contributed by atoms with Crippen LogP contribution < -0.4 is 10.6 Å². The van der Waals surface area contributed by atoms with Crippen molar-refractivity contribution in [1.82, 2.24) is 10.6 Å². The van der Waals surface area contributed by atoms with Gasteiger partial charge in [0.15, 0.2) is 0 Å². The lowest BCUT2D eigenvalue weighted by atomic mass is 10.1.